The summed E-state index contributed by atoms with van der Waals surface area (Å²) in [5.74, 6) is -6.54. The summed E-state index contributed by atoms with van der Waals surface area (Å²) in [6.07, 6.45) is 5.28. The average Bonchev–Trinajstić information content (AvgIpc) is 3.31. The minimum absolute atomic E-state index is 0.0292. The Bertz CT molecular complexity index is 3260. The van der Waals surface area contributed by atoms with Gasteiger partial charge in [0.2, 0.25) is 0 Å². The fourth-order valence-corrected chi connectivity index (χ4v) is 13.6. The molecule has 0 atom stereocenters. The zero-order valence-corrected chi connectivity index (χ0v) is 43.9. The average molecular weight is 1030 g/mol. The Labute approximate surface area is 420 Å². The van der Waals surface area contributed by atoms with Gasteiger partial charge in [0.1, 0.15) is 11.5 Å². The summed E-state index contributed by atoms with van der Waals surface area (Å²) in [6, 6.07) is 29.6. The highest BCUT2D eigenvalue weighted by Gasteiger charge is 2.37. The van der Waals surface area contributed by atoms with Gasteiger partial charge in [-0.1, -0.05) is 141 Å². The number of fused-ring (bicyclic) bond motifs is 2. The van der Waals surface area contributed by atoms with Crippen LogP contribution in [0.4, 0.5) is 17.6 Å². The molecule has 7 rings (SSSR count). The third-order valence-corrected chi connectivity index (χ3v) is 17.6. The van der Waals surface area contributed by atoms with Gasteiger partial charge in [0.15, 0.2) is 28.2 Å². The van der Waals surface area contributed by atoms with Crippen LogP contribution in [0.2, 0.25) is 0 Å². The topological polar surface area (TPSA) is 116 Å². The van der Waals surface area contributed by atoms with Crippen molar-refractivity contribution < 1.29 is 39.1 Å². The summed E-state index contributed by atoms with van der Waals surface area (Å²) in [5.41, 5.74) is 14.4. The van der Waals surface area contributed by atoms with Gasteiger partial charge < -0.3 is 10.5 Å². The van der Waals surface area contributed by atoms with E-state index in [0.29, 0.717) is 65.4 Å². The molecule has 0 saturated heterocycles. The molecule has 1 aliphatic heterocycles. The molecule has 14 heteroatoms. The van der Waals surface area contributed by atoms with Gasteiger partial charge in [-0.05, 0) is 130 Å². The predicted octanol–water partition coefficient (Wildman–Crippen LogP) is 12.8. The van der Waals surface area contributed by atoms with Crippen LogP contribution >= 0.6 is 11.8 Å². The van der Waals surface area contributed by atoms with Crippen LogP contribution in [0.25, 0.3) is 11.6 Å². The summed E-state index contributed by atoms with van der Waals surface area (Å²) in [5, 5.41) is 1.30. The molecule has 0 radical (unpaired) electrons. The summed E-state index contributed by atoms with van der Waals surface area (Å²) in [7, 11) is -11.1. The van der Waals surface area contributed by atoms with Gasteiger partial charge in [-0.2, -0.15) is 0 Å². The minimum atomic E-state index is -5.83. The van der Waals surface area contributed by atoms with Crippen molar-refractivity contribution in [1.29, 1.82) is 0 Å². The third kappa shape index (κ3) is 11.4. The lowest BCUT2D eigenvalue weighted by atomic mass is 9.85. The molecule has 1 aliphatic rings. The molecule has 6 aromatic carbocycles. The van der Waals surface area contributed by atoms with Gasteiger partial charge in [0.05, 0.1) is 9.79 Å². The fraction of sp³-hybridized carbons (Fsp3) is 0.333. The van der Waals surface area contributed by atoms with Crippen molar-refractivity contribution in [2.45, 2.75) is 126 Å². The normalized spacial score (nSPS) is 13.1. The number of hydrogen-bond donors (Lipinski definition) is 2. The second kappa shape index (κ2) is 22.3. The van der Waals surface area contributed by atoms with Gasteiger partial charge in [-0.25, -0.2) is 34.4 Å². The number of unbranched alkanes of at least 4 members (excludes halogenated alkanes) is 3. The summed E-state index contributed by atoms with van der Waals surface area (Å²) in [4.78, 5) is -3.72. The lowest BCUT2D eigenvalue weighted by molar-refractivity contribution is 0.395. The number of ether oxygens (including phenoxy) is 1. The van der Waals surface area contributed by atoms with Crippen molar-refractivity contribution in [3.05, 3.63) is 181 Å². The molecule has 0 spiro atoms. The number of hydrogen-bond acceptors (Lipinski definition) is 7. The lowest BCUT2D eigenvalue weighted by Gasteiger charge is -2.24. The van der Waals surface area contributed by atoms with Crippen molar-refractivity contribution in [2.24, 2.45) is 5.73 Å². The highest BCUT2D eigenvalue weighted by molar-refractivity contribution is 8.04. The molecule has 71 heavy (non-hydrogen) atoms. The van der Waals surface area contributed by atoms with E-state index in [1.165, 1.54) is 44.1 Å². The Morgan fingerprint density at radius 1 is 0.606 bits per heavy atom. The molecular weight excluding hydrogens is 965 g/mol. The second-order valence-electron chi connectivity index (χ2n) is 19.3. The number of nitrogens with two attached hydrogens (primary N) is 1. The number of sulfonamides is 2. The zero-order chi connectivity index (χ0) is 51.5. The van der Waals surface area contributed by atoms with Crippen LogP contribution in [-0.2, 0) is 26.5 Å². The first-order valence-corrected chi connectivity index (χ1v) is 28.1. The summed E-state index contributed by atoms with van der Waals surface area (Å²) in [6.45, 7) is 17.7. The van der Waals surface area contributed by atoms with E-state index in [1.807, 2.05) is 36.4 Å². The van der Waals surface area contributed by atoms with E-state index in [4.69, 9.17) is 10.5 Å². The number of nitrogens with one attached hydrogen (secondary N) is 1. The molecule has 3 N–H and O–H groups in total. The SMILES string of the molecule is CC(C)c1cccc(C(C)C)c1/C=c1\ccc2c(c1)Oc1cc(Cc3c(C(C)C)cccc3C(C)C)ccc1C=2c1ccccc1S(=O)(=O)NS(=O)(=O)c1c(F)c(F)c(SCCCCCCN)c(F)c1F. The Balaban J connectivity index is 1.38. The van der Waals surface area contributed by atoms with Gasteiger partial charge >= 0.3 is 0 Å². The third-order valence-electron chi connectivity index (χ3n) is 12.9. The molecule has 0 aromatic heterocycles. The van der Waals surface area contributed by atoms with E-state index in [-0.39, 0.29) is 35.0 Å². The standard InChI is InChI=1S/C57H62F4N2O5S3/c1-33(2)39-18-15-19-40(34(3)4)46(39)29-37-23-25-43-48(31-37)68-49-32-38(30-47-41(35(5)6)20-16-21-42(47)36(7)8)24-26-44(49)51(43)45-17-11-12-22-50(45)70(64,65)63-71(66,67)57-54(60)52(58)56(53(59)55(57)61)69-28-14-10-9-13-27-62/h11-12,15-26,29,31-36,63H,9-10,13-14,27-28,30,62H2,1-8H3/b37-29+. The van der Waals surface area contributed by atoms with Crippen molar-refractivity contribution >= 4 is 43.5 Å². The van der Waals surface area contributed by atoms with E-state index in [9.17, 15) is 16.8 Å². The Kier molecular flexibility index (Phi) is 16.8. The van der Waals surface area contributed by atoms with Gasteiger partial charge in [-0.3, -0.25) is 0 Å². The van der Waals surface area contributed by atoms with Gasteiger partial charge in [-0.15, -0.1) is 15.9 Å². The van der Waals surface area contributed by atoms with E-state index in [1.54, 1.807) is 6.07 Å². The Morgan fingerprint density at radius 3 is 1.77 bits per heavy atom. The Hall–Kier alpha value is -5.25. The maximum Gasteiger partial charge on any atom is 0.259 e. The second-order valence-corrected chi connectivity index (χ2v) is 24.0. The molecular formula is C57H62F4N2O5S3. The largest absolute Gasteiger partial charge is 0.456 e. The van der Waals surface area contributed by atoms with E-state index >= 15 is 17.6 Å². The van der Waals surface area contributed by atoms with Crippen molar-refractivity contribution in [3.63, 3.8) is 0 Å². The number of rotatable bonds is 19. The molecule has 376 valence electrons. The quantitative estimate of drug-likeness (QED) is 0.0359. The highest BCUT2D eigenvalue weighted by atomic mass is 32.3. The summed E-state index contributed by atoms with van der Waals surface area (Å²) < 4.78 is 127. The monoisotopic (exact) mass is 1030 g/mol. The van der Waals surface area contributed by atoms with Crippen LogP contribution in [-0.4, -0.2) is 29.1 Å². The molecule has 0 amide bonds. The van der Waals surface area contributed by atoms with Crippen molar-refractivity contribution in [2.75, 3.05) is 12.3 Å². The van der Waals surface area contributed by atoms with Gasteiger partial charge in [0, 0.05) is 21.9 Å². The predicted molar refractivity (Wildman–Crippen MR) is 278 cm³/mol. The van der Waals surface area contributed by atoms with Crippen LogP contribution < -0.4 is 25.0 Å². The maximum atomic E-state index is 15.7. The number of thioether (sulfide) groups is 1. The Morgan fingerprint density at radius 2 is 1.18 bits per heavy atom. The first kappa shape index (κ1) is 53.5. The van der Waals surface area contributed by atoms with Crippen LogP contribution in [0.15, 0.2) is 112 Å². The zero-order valence-electron chi connectivity index (χ0n) is 41.4. The van der Waals surface area contributed by atoms with E-state index in [0.717, 1.165) is 35.3 Å². The smallest absolute Gasteiger partial charge is 0.259 e. The molecule has 0 unspecified atom stereocenters. The van der Waals surface area contributed by atoms with Crippen molar-refractivity contribution in [1.82, 2.24) is 4.13 Å². The van der Waals surface area contributed by atoms with E-state index in [2.05, 4.69) is 97.9 Å². The fourth-order valence-electron chi connectivity index (χ4n) is 9.36. The molecule has 7 nitrogen and oxygen atoms in total. The minimum Gasteiger partial charge on any atom is -0.456 e. The van der Waals surface area contributed by atoms with Crippen LogP contribution in [0.5, 0.6) is 11.5 Å². The molecule has 0 bridgehead atoms. The lowest BCUT2D eigenvalue weighted by Crippen LogP contribution is -2.33. The molecule has 1 heterocycles. The van der Waals surface area contributed by atoms with Crippen molar-refractivity contribution in [3.8, 4) is 11.5 Å². The highest BCUT2D eigenvalue weighted by Crippen LogP contribution is 2.41. The van der Waals surface area contributed by atoms with Crippen LogP contribution in [0.3, 0.4) is 0 Å². The molecule has 0 aliphatic carbocycles. The van der Waals surface area contributed by atoms with E-state index < -0.39 is 58.0 Å². The first-order valence-electron chi connectivity index (χ1n) is 24.1. The maximum absolute atomic E-state index is 15.7. The number of halogens is 4. The molecule has 6 aromatic rings. The van der Waals surface area contributed by atoms with Crippen LogP contribution in [0.1, 0.15) is 155 Å². The molecule has 0 fully saturated rings. The van der Waals surface area contributed by atoms with Crippen LogP contribution in [0, 0.1) is 23.3 Å². The molecule has 0 saturated carbocycles. The van der Waals surface area contributed by atoms with Gasteiger partial charge in [0.25, 0.3) is 20.0 Å². The first-order chi connectivity index (χ1) is 33.7. The summed E-state index contributed by atoms with van der Waals surface area (Å²) >= 11 is 0.495. The number of benzene rings is 6.